The van der Waals surface area contributed by atoms with Gasteiger partial charge in [0.15, 0.2) is 0 Å². The van der Waals surface area contributed by atoms with Crippen LogP contribution in [-0.2, 0) is 9.53 Å². The van der Waals surface area contributed by atoms with Gasteiger partial charge in [0, 0.05) is 31.3 Å². The third-order valence-corrected chi connectivity index (χ3v) is 4.58. The third kappa shape index (κ3) is 7.92. The monoisotopic (exact) mass is 330 g/mol. The molecule has 0 aromatic heterocycles. The molecule has 0 aromatic rings. The minimum atomic E-state index is -0.510. The van der Waals surface area contributed by atoms with Gasteiger partial charge in [-0.15, -0.1) is 0 Å². The molecule has 6 heteroatoms. The van der Waals surface area contributed by atoms with Crippen molar-refractivity contribution in [3.63, 3.8) is 0 Å². The minimum absolute atomic E-state index is 0.125. The highest BCUT2D eigenvalue weighted by Gasteiger charge is 2.22. The van der Waals surface area contributed by atoms with E-state index in [-0.39, 0.29) is 5.91 Å². The van der Waals surface area contributed by atoms with Gasteiger partial charge in [-0.05, 0) is 39.4 Å². The number of hydrogen-bond acceptors (Lipinski definition) is 4. The standard InChI is InChI=1S/C16H30N2O3S/c1-5-22-13-8-6-7-11-18(12-13)14(19)9-10-17-15(20)21-16(2,3)4/h13H,5-12H2,1-4H3,(H,17,20). The Labute approximate surface area is 138 Å². The summed E-state index contributed by atoms with van der Waals surface area (Å²) in [4.78, 5) is 25.8. The molecule has 1 fully saturated rings. The van der Waals surface area contributed by atoms with Crippen LogP contribution in [0.2, 0.25) is 0 Å². The van der Waals surface area contributed by atoms with Gasteiger partial charge < -0.3 is 15.0 Å². The van der Waals surface area contributed by atoms with E-state index in [0.29, 0.717) is 18.2 Å². The fourth-order valence-corrected chi connectivity index (χ4v) is 3.54. The van der Waals surface area contributed by atoms with Crippen molar-refractivity contribution >= 4 is 23.8 Å². The van der Waals surface area contributed by atoms with Crippen LogP contribution >= 0.6 is 11.8 Å². The zero-order valence-electron chi connectivity index (χ0n) is 14.3. The molecule has 1 atom stereocenters. The lowest BCUT2D eigenvalue weighted by Gasteiger charge is -2.24. The van der Waals surface area contributed by atoms with Crippen LogP contribution in [0, 0.1) is 0 Å². The van der Waals surface area contributed by atoms with Crippen LogP contribution in [0.4, 0.5) is 4.79 Å². The summed E-state index contributed by atoms with van der Waals surface area (Å²) >= 11 is 1.94. The van der Waals surface area contributed by atoms with Gasteiger partial charge >= 0.3 is 6.09 Å². The summed E-state index contributed by atoms with van der Waals surface area (Å²) in [5, 5.41) is 3.20. The van der Waals surface area contributed by atoms with E-state index in [1.54, 1.807) is 0 Å². The maximum atomic E-state index is 12.3. The number of nitrogens with one attached hydrogen (secondary N) is 1. The van der Waals surface area contributed by atoms with Gasteiger partial charge in [-0.3, -0.25) is 4.79 Å². The highest BCUT2D eigenvalue weighted by Crippen LogP contribution is 2.22. The summed E-state index contributed by atoms with van der Waals surface area (Å²) in [6.07, 6.45) is 3.33. The first-order chi connectivity index (χ1) is 10.3. The molecule has 1 N–H and O–H groups in total. The topological polar surface area (TPSA) is 58.6 Å². The number of carbonyl (C=O) groups is 2. The van der Waals surface area contributed by atoms with Crippen LogP contribution in [-0.4, -0.2) is 53.1 Å². The first-order valence-electron chi connectivity index (χ1n) is 8.18. The zero-order valence-corrected chi connectivity index (χ0v) is 15.1. The molecule has 0 bridgehead atoms. The molecule has 1 heterocycles. The van der Waals surface area contributed by atoms with E-state index in [1.807, 2.05) is 37.4 Å². The number of rotatable bonds is 5. The second kappa shape index (κ2) is 9.28. The fourth-order valence-electron chi connectivity index (χ4n) is 2.45. The number of alkyl carbamates (subject to hydrolysis) is 1. The lowest BCUT2D eigenvalue weighted by atomic mass is 10.2. The molecule has 0 aliphatic carbocycles. The number of hydrogen-bond donors (Lipinski definition) is 1. The van der Waals surface area contributed by atoms with E-state index in [9.17, 15) is 9.59 Å². The summed E-state index contributed by atoms with van der Waals surface area (Å²) in [6.45, 7) is 9.62. The Balaban J connectivity index is 2.33. The SMILES string of the molecule is CCSC1CCCCN(C(=O)CCNC(=O)OC(C)(C)C)C1. The maximum absolute atomic E-state index is 12.3. The Bertz CT molecular complexity index is 369. The number of amides is 2. The number of thioether (sulfide) groups is 1. The van der Waals surface area contributed by atoms with Crippen molar-refractivity contribution in [2.45, 2.75) is 64.2 Å². The molecule has 0 radical (unpaired) electrons. The zero-order chi connectivity index (χ0) is 16.6. The number of nitrogens with zero attached hydrogens (tertiary/aromatic N) is 1. The van der Waals surface area contributed by atoms with Crippen molar-refractivity contribution in [3.8, 4) is 0 Å². The van der Waals surface area contributed by atoms with Crippen LogP contribution in [0.1, 0.15) is 53.4 Å². The van der Waals surface area contributed by atoms with Crippen molar-refractivity contribution in [2.75, 3.05) is 25.4 Å². The molecule has 128 valence electrons. The molecule has 5 nitrogen and oxygen atoms in total. The molecule has 0 saturated carbocycles. The van der Waals surface area contributed by atoms with Crippen molar-refractivity contribution in [2.24, 2.45) is 0 Å². The van der Waals surface area contributed by atoms with Crippen molar-refractivity contribution in [1.82, 2.24) is 10.2 Å². The van der Waals surface area contributed by atoms with Crippen LogP contribution < -0.4 is 5.32 Å². The van der Waals surface area contributed by atoms with Crippen molar-refractivity contribution in [3.05, 3.63) is 0 Å². The fraction of sp³-hybridized carbons (Fsp3) is 0.875. The number of ether oxygens (including phenoxy) is 1. The van der Waals surface area contributed by atoms with Gasteiger partial charge in [-0.25, -0.2) is 4.79 Å². The van der Waals surface area contributed by atoms with Gasteiger partial charge in [0.25, 0.3) is 0 Å². The maximum Gasteiger partial charge on any atom is 0.407 e. The first kappa shape index (κ1) is 19.1. The minimum Gasteiger partial charge on any atom is -0.444 e. The molecule has 1 rings (SSSR count). The first-order valence-corrected chi connectivity index (χ1v) is 9.23. The predicted molar refractivity (Wildman–Crippen MR) is 91.2 cm³/mol. The van der Waals surface area contributed by atoms with E-state index in [4.69, 9.17) is 4.74 Å². The van der Waals surface area contributed by atoms with E-state index in [1.165, 1.54) is 12.8 Å². The molecule has 22 heavy (non-hydrogen) atoms. The normalized spacial score (nSPS) is 19.5. The van der Waals surface area contributed by atoms with E-state index < -0.39 is 11.7 Å². The molecular weight excluding hydrogens is 300 g/mol. The largest absolute Gasteiger partial charge is 0.444 e. The Kier molecular flexibility index (Phi) is 8.07. The van der Waals surface area contributed by atoms with Crippen LogP contribution in [0.15, 0.2) is 0 Å². The molecule has 1 aliphatic heterocycles. The number of likely N-dealkylation sites (tertiary alicyclic amines) is 1. The van der Waals surface area contributed by atoms with Gasteiger partial charge in [0.2, 0.25) is 5.91 Å². The summed E-state index contributed by atoms with van der Waals surface area (Å²) in [5.74, 6) is 1.21. The molecule has 1 unspecified atom stereocenters. The summed E-state index contributed by atoms with van der Waals surface area (Å²) in [5.41, 5.74) is -0.510. The summed E-state index contributed by atoms with van der Waals surface area (Å²) in [7, 11) is 0. The van der Waals surface area contributed by atoms with Crippen LogP contribution in [0.5, 0.6) is 0 Å². The molecule has 0 spiro atoms. The van der Waals surface area contributed by atoms with Crippen LogP contribution in [0.25, 0.3) is 0 Å². The van der Waals surface area contributed by atoms with Crippen molar-refractivity contribution in [1.29, 1.82) is 0 Å². The summed E-state index contributed by atoms with van der Waals surface area (Å²) < 4.78 is 5.16. The Morgan fingerprint density at radius 2 is 2.05 bits per heavy atom. The average molecular weight is 330 g/mol. The van der Waals surface area contributed by atoms with E-state index in [0.717, 1.165) is 25.3 Å². The molecule has 1 saturated heterocycles. The Morgan fingerprint density at radius 3 is 2.68 bits per heavy atom. The van der Waals surface area contributed by atoms with E-state index in [2.05, 4.69) is 12.2 Å². The molecule has 2 amide bonds. The highest BCUT2D eigenvalue weighted by molar-refractivity contribution is 7.99. The van der Waals surface area contributed by atoms with E-state index >= 15 is 0 Å². The molecule has 0 aromatic carbocycles. The van der Waals surface area contributed by atoms with Crippen molar-refractivity contribution < 1.29 is 14.3 Å². The lowest BCUT2D eigenvalue weighted by Crippen LogP contribution is -2.38. The molecular formula is C16H30N2O3S. The second-order valence-electron chi connectivity index (χ2n) is 6.59. The third-order valence-electron chi connectivity index (χ3n) is 3.39. The van der Waals surface area contributed by atoms with Gasteiger partial charge in [0.05, 0.1) is 0 Å². The quantitative estimate of drug-likeness (QED) is 0.842. The smallest absolute Gasteiger partial charge is 0.407 e. The second-order valence-corrected chi connectivity index (χ2v) is 8.17. The molecule has 1 aliphatic rings. The summed E-state index contributed by atoms with van der Waals surface area (Å²) in [6, 6.07) is 0. The van der Waals surface area contributed by atoms with Crippen LogP contribution in [0.3, 0.4) is 0 Å². The highest BCUT2D eigenvalue weighted by atomic mass is 32.2. The van der Waals surface area contributed by atoms with Gasteiger partial charge in [-0.2, -0.15) is 11.8 Å². The van der Waals surface area contributed by atoms with Gasteiger partial charge in [-0.1, -0.05) is 13.3 Å². The Hall–Kier alpha value is -0.910. The lowest BCUT2D eigenvalue weighted by molar-refractivity contribution is -0.130. The number of carbonyl (C=O) groups excluding carboxylic acids is 2. The Morgan fingerprint density at radius 1 is 1.32 bits per heavy atom. The predicted octanol–water partition coefficient (Wildman–Crippen LogP) is 3.04. The van der Waals surface area contributed by atoms with Gasteiger partial charge in [0.1, 0.15) is 5.60 Å². The average Bonchev–Trinajstić information content (AvgIpc) is 2.62.